The van der Waals surface area contributed by atoms with Crippen molar-refractivity contribution in [3.63, 3.8) is 0 Å². The molecule has 0 unspecified atom stereocenters. The van der Waals surface area contributed by atoms with Crippen LogP contribution in [0.25, 0.3) is 22.4 Å². The number of hydrogen-bond acceptors (Lipinski definition) is 2. The van der Waals surface area contributed by atoms with Gasteiger partial charge in [0.05, 0.1) is 5.69 Å². The average Bonchev–Trinajstić information content (AvgIpc) is 2.69. The molecule has 0 saturated heterocycles. The zero-order valence-electron chi connectivity index (χ0n) is 15.9. The number of rotatable bonds is 5. The van der Waals surface area contributed by atoms with Crippen LogP contribution in [0, 0.1) is 12.7 Å². The van der Waals surface area contributed by atoms with Crippen molar-refractivity contribution < 1.29 is 4.39 Å². The van der Waals surface area contributed by atoms with Crippen molar-refractivity contribution in [2.75, 3.05) is 5.75 Å². The molecule has 3 aromatic rings. The van der Waals surface area contributed by atoms with Crippen LogP contribution >= 0.6 is 11.8 Å². The van der Waals surface area contributed by atoms with E-state index in [0.717, 1.165) is 23.3 Å². The predicted molar refractivity (Wildman–Crippen MR) is 112 cm³/mol. The summed E-state index contributed by atoms with van der Waals surface area (Å²) >= 11 is 1.87. The maximum atomic E-state index is 14.2. The lowest BCUT2D eigenvalue weighted by Crippen LogP contribution is -1.92. The summed E-state index contributed by atoms with van der Waals surface area (Å²) in [5, 5.41) is 0. The van der Waals surface area contributed by atoms with E-state index in [4.69, 9.17) is 0 Å². The van der Waals surface area contributed by atoms with Crippen LogP contribution in [0.4, 0.5) is 4.39 Å². The van der Waals surface area contributed by atoms with Gasteiger partial charge in [0, 0.05) is 22.2 Å². The van der Waals surface area contributed by atoms with Crippen LogP contribution in [0.15, 0.2) is 65.7 Å². The van der Waals surface area contributed by atoms with Crippen LogP contribution in [0.5, 0.6) is 0 Å². The third-order valence-corrected chi connectivity index (χ3v) is 5.26. The van der Waals surface area contributed by atoms with Gasteiger partial charge in [-0.05, 0) is 54.5 Å². The third kappa shape index (κ3) is 4.73. The molecule has 0 bridgehead atoms. The van der Waals surface area contributed by atoms with Gasteiger partial charge in [0.25, 0.3) is 0 Å². The first-order valence-electron chi connectivity index (χ1n) is 9.14. The Bertz CT molecular complexity index is 845. The molecular formula is C23H26FNS. The largest absolute Gasteiger partial charge is 0.255 e. The normalized spacial score (nSPS) is 10.2. The molecule has 3 rings (SSSR count). The topological polar surface area (TPSA) is 12.9 Å². The number of hydrogen-bond donors (Lipinski definition) is 0. The standard InChI is InChI=1S/C21H20FNS.C2H6/c1-3-13-24-20-14-16(11-10-15(20)2)17-8-6-12-23-21(17)18-7-4-5-9-19(18)22;1-2/h4-12,14H,3,13H2,1-2H3;1-2H3. The molecule has 1 nitrogen and oxygen atoms in total. The van der Waals surface area contributed by atoms with Crippen molar-refractivity contribution in [3.05, 3.63) is 72.2 Å². The number of aryl methyl sites for hydroxylation is 1. The van der Waals surface area contributed by atoms with Gasteiger partial charge in [-0.3, -0.25) is 4.98 Å². The molecule has 0 fully saturated rings. The van der Waals surface area contributed by atoms with Crippen molar-refractivity contribution >= 4 is 11.8 Å². The molecule has 0 atom stereocenters. The van der Waals surface area contributed by atoms with Gasteiger partial charge in [-0.2, -0.15) is 0 Å². The Labute approximate surface area is 160 Å². The van der Waals surface area contributed by atoms with E-state index in [1.807, 2.05) is 43.8 Å². The second-order valence-electron chi connectivity index (χ2n) is 5.71. The number of nitrogens with zero attached hydrogens (tertiary/aromatic N) is 1. The molecule has 136 valence electrons. The highest BCUT2D eigenvalue weighted by Gasteiger charge is 2.13. The van der Waals surface area contributed by atoms with E-state index >= 15 is 0 Å². The van der Waals surface area contributed by atoms with Gasteiger partial charge in [0.1, 0.15) is 5.82 Å². The molecule has 0 saturated carbocycles. The van der Waals surface area contributed by atoms with Gasteiger partial charge >= 0.3 is 0 Å². The summed E-state index contributed by atoms with van der Waals surface area (Å²) in [6.45, 7) is 8.31. The Balaban J connectivity index is 0.00000117. The van der Waals surface area contributed by atoms with Gasteiger partial charge in [0.2, 0.25) is 0 Å². The summed E-state index contributed by atoms with van der Waals surface area (Å²) in [7, 11) is 0. The Morgan fingerprint density at radius 3 is 2.42 bits per heavy atom. The van der Waals surface area contributed by atoms with Gasteiger partial charge in [-0.25, -0.2) is 4.39 Å². The van der Waals surface area contributed by atoms with Gasteiger partial charge in [0.15, 0.2) is 0 Å². The monoisotopic (exact) mass is 367 g/mol. The lowest BCUT2D eigenvalue weighted by molar-refractivity contribution is 0.631. The van der Waals surface area contributed by atoms with Crippen LogP contribution in [0.2, 0.25) is 0 Å². The fourth-order valence-corrected chi connectivity index (χ4v) is 3.57. The fraction of sp³-hybridized carbons (Fsp3) is 0.261. The van der Waals surface area contributed by atoms with Gasteiger partial charge in [-0.15, -0.1) is 11.8 Å². The van der Waals surface area contributed by atoms with Crippen LogP contribution < -0.4 is 0 Å². The van der Waals surface area contributed by atoms with E-state index in [2.05, 4.69) is 37.0 Å². The molecule has 3 heteroatoms. The lowest BCUT2D eigenvalue weighted by atomic mass is 9.98. The highest BCUT2D eigenvalue weighted by molar-refractivity contribution is 7.99. The number of thioether (sulfide) groups is 1. The van der Waals surface area contributed by atoms with E-state index in [1.165, 1.54) is 16.5 Å². The summed E-state index contributed by atoms with van der Waals surface area (Å²) in [4.78, 5) is 5.73. The highest BCUT2D eigenvalue weighted by atomic mass is 32.2. The minimum Gasteiger partial charge on any atom is -0.255 e. The molecule has 0 aliphatic carbocycles. The van der Waals surface area contributed by atoms with Gasteiger partial charge < -0.3 is 0 Å². The zero-order valence-corrected chi connectivity index (χ0v) is 16.7. The quantitative estimate of drug-likeness (QED) is 0.436. The number of pyridine rings is 1. The van der Waals surface area contributed by atoms with Crippen LogP contribution in [0.1, 0.15) is 32.8 Å². The second-order valence-corrected chi connectivity index (χ2v) is 6.84. The van der Waals surface area contributed by atoms with Crippen LogP contribution in [-0.2, 0) is 0 Å². The van der Waals surface area contributed by atoms with Crippen LogP contribution in [-0.4, -0.2) is 10.7 Å². The first-order chi connectivity index (χ1) is 12.7. The maximum absolute atomic E-state index is 14.2. The molecule has 0 aliphatic rings. The molecule has 26 heavy (non-hydrogen) atoms. The Hall–Kier alpha value is -2.13. The summed E-state index contributed by atoms with van der Waals surface area (Å²) in [6.07, 6.45) is 2.86. The van der Waals surface area contributed by atoms with E-state index in [0.29, 0.717) is 11.3 Å². The summed E-state index contributed by atoms with van der Waals surface area (Å²) in [6, 6.07) is 17.1. The van der Waals surface area contributed by atoms with Crippen molar-refractivity contribution in [1.29, 1.82) is 0 Å². The Kier molecular flexibility index (Phi) is 7.86. The van der Waals surface area contributed by atoms with E-state index in [1.54, 1.807) is 18.3 Å². The minimum absolute atomic E-state index is 0.245. The zero-order chi connectivity index (χ0) is 18.9. The Morgan fingerprint density at radius 1 is 0.962 bits per heavy atom. The van der Waals surface area contributed by atoms with Crippen molar-refractivity contribution in [1.82, 2.24) is 4.98 Å². The maximum Gasteiger partial charge on any atom is 0.132 e. The highest BCUT2D eigenvalue weighted by Crippen LogP contribution is 2.34. The first kappa shape index (κ1) is 20.2. The third-order valence-electron chi connectivity index (χ3n) is 3.90. The molecule has 0 amide bonds. The molecule has 1 heterocycles. The second kappa shape index (κ2) is 10.1. The minimum atomic E-state index is -0.245. The molecule has 1 aromatic heterocycles. The van der Waals surface area contributed by atoms with E-state index < -0.39 is 0 Å². The summed E-state index contributed by atoms with van der Waals surface area (Å²) in [5.74, 6) is 0.850. The van der Waals surface area contributed by atoms with Crippen molar-refractivity contribution in [3.8, 4) is 22.4 Å². The van der Waals surface area contributed by atoms with Gasteiger partial charge in [-0.1, -0.05) is 51.1 Å². The lowest BCUT2D eigenvalue weighted by Gasteiger charge is -2.12. The molecule has 0 aliphatic heterocycles. The van der Waals surface area contributed by atoms with Crippen molar-refractivity contribution in [2.45, 2.75) is 39.0 Å². The fourth-order valence-electron chi connectivity index (χ4n) is 2.64. The smallest absolute Gasteiger partial charge is 0.132 e. The predicted octanol–water partition coefficient (Wildman–Crippen LogP) is 7.39. The summed E-state index contributed by atoms with van der Waals surface area (Å²) in [5.41, 5.74) is 4.53. The molecule has 2 aromatic carbocycles. The van der Waals surface area contributed by atoms with Crippen LogP contribution in [0.3, 0.4) is 0 Å². The first-order valence-corrected chi connectivity index (χ1v) is 10.1. The number of aromatic nitrogens is 1. The molecule has 0 radical (unpaired) electrons. The molecule has 0 spiro atoms. The van der Waals surface area contributed by atoms with E-state index in [9.17, 15) is 4.39 Å². The SMILES string of the molecule is CC.CCCSc1cc(-c2cccnc2-c2ccccc2F)ccc1C. The number of benzene rings is 2. The van der Waals surface area contributed by atoms with Crippen molar-refractivity contribution in [2.24, 2.45) is 0 Å². The number of halogens is 1. The molecular weight excluding hydrogens is 341 g/mol. The summed E-state index contributed by atoms with van der Waals surface area (Å²) < 4.78 is 14.2. The Morgan fingerprint density at radius 2 is 1.69 bits per heavy atom. The average molecular weight is 368 g/mol. The molecule has 0 N–H and O–H groups in total. The van der Waals surface area contributed by atoms with E-state index in [-0.39, 0.29) is 5.82 Å².